The van der Waals surface area contributed by atoms with Gasteiger partial charge in [-0.05, 0) is 19.4 Å². The minimum Gasteiger partial charge on any atom is -1.00 e. The van der Waals surface area contributed by atoms with Crippen molar-refractivity contribution in [3.63, 3.8) is 0 Å². The fourth-order valence-corrected chi connectivity index (χ4v) is 1.08. The fourth-order valence-electron chi connectivity index (χ4n) is 1.08. The maximum absolute atomic E-state index is 8.63. The number of hydrogen-bond acceptors (Lipinski definition) is 2. The predicted octanol–water partition coefficient (Wildman–Crippen LogP) is -2.76. The molecule has 1 rings (SSSR count). The van der Waals surface area contributed by atoms with Crippen LogP contribution in [0, 0.1) is 0 Å². The number of hydrogen-bond donors (Lipinski definition) is 2. The van der Waals surface area contributed by atoms with E-state index in [1.165, 1.54) is 12.8 Å². The quantitative estimate of drug-likeness (QED) is 0.426. The smallest absolute Gasteiger partial charge is 1.00 e. The molecule has 0 aliphatic carbocycles. The van der Waals surface area contributed by atoms with Gasteiger partial charge in [-0.25, -0.2) is 0 Å². The lowest BCUT2D eigenvalue weighted by Gasteiger charge is -2.20. The molecule has 1 saturated heterocycles. The van der Waals surface area contributed by atoms with Gasteiger partial charge < -0.3 is 22.8 Å². The molecule has 2 N–H and O–H groups in total. The molecule has 0 aromatic carbocycles. The molecule has 0 unspecified atom stereocenters. The molecule has 56 valence electrons. The first-order valence-electron chi connectivity index (χ1n) is 3.27. The van der Waals surface area contributed by atoms with E-state index in [0.29, 0.717) is 12.6 Å². The molecule has 1 fully saturated rings. The van der Waals surface area contributed by atoms with Crippen molar-refractivity contribution in [2.24, 2.45) is 0 Å². The summed E-state index contributed by atoms with van der Waals surface area (Å²) in [6.45, 7) is 1.39. The van der Waals surface area contributed by atoms with E-state index in [0.717, 1.165) is 13.0 Å². The van der Waals surface area contributed by atoms with E-state index in [-0.39, 0.29) is 13.8 Å². The Hall–Kier alpha value is 0.210. The van der Waals surface area contributed by atoms with Gasteiger partial charge in [0, 0.05) is 6.04 Å². The van der Waals surface area contributed by atoms with Crippen molar-refractivity contribution in [3.8, 4) is 0 Å². The number of aliphatic hydroxyl groups is 1. The molecule has 0 radical (unpaired) electrons. The number of piperidine rings is 1. The molecule has 9 heavy (non-hydrogen) atoms. The van der Waals surface area contributed by atoms with Crippen LogP contribution in [-0.2, 0) is 0 Å². The summed E-state index contributed by atoms with van der Waals surface area (Å²) in [6.07, 6.45) is 3.70. The molecule has 0 aromatic heterocycles. The van der Waals surface area contributed by atoms with Crippen molar-refractivity contribution in [1.82, 2.24) is 5.32 Å². The number of rotatable bonds is 1. The molecular weight excluding hydrogens is 138 g/mol. The standard InChI is InChI=1S/C6H13NO.ClH/c8-5-6-3-1-2-4-7-6;/h6-8H,1-5H2;1H/t6-;/m1./s1. The largest absolute Gasteiger partial charge is 1.00 e. The van der Waals surface area contributed by atoms with E-state index >= 15 is 0 Å². The van der Waals surface area contributed by atoms with Crippen molar-refractivity contribution in [2.45, 2.75) is 25.3 Å². The third-order valence-corrected chi connectivity index (χ3v) is 1.63. The van der Waals surface area contributed by atoms with E-state index < -0.39 is 0 Å². The van der Waals surface area contributed by atoms with Crippen LogP contribution in [0.4, 0.5) is 0 Å². The molecule has 0 bridgehead atoms. The summed E-state index contributed by atoms with van der Waals surface area (Å²) in [5, 5.41) is 11.8. The molecule has 1 heterocycles. The van der Waals surface area contributed by atoms with Crippen molar-refractivity contribution < 1.29 is 18.9 Å². The zero-order chi connectivity index (χ0) is 5.82. The highest BCUT2D eigenvalue weighted by atomic mass is 35.5. The molecule has 1 aliphatic rings. The van der Waals surface area contributed by atoms with Crippen LogP contribution in [0.25, 0.3) is 0 Å². The number of nitrogens with one attached hydrogen (secondary N) is 1. The summed E-state index contributed by atoms with van der Waals surface area (Å²) >= 11 is 0. The minimum absolute atomic E-state index is 0. The lowest BCUT2D eigenvalue weighted by atomic mass is 10.1. The van der Waals surface area contributed by atoms with Gasteiger partial charge in [-0.15, -0.1) is 0 Å². The maximum Gasteiger partial charge on any atom is 1.00 e. The van der Waals surface area contributed by atoms with Gasteiger partial charge in [0.25, 0.3) is 0 Å². The average Bonchev–Trinajstić information content (AvgIpc) is 1.90. The van der Waals surface area contributed by atoms with Crippen LogP contribution in [0.5, 0.6) is 0 Å². The van der Waals surface area contributed by atoms with E-state index in [2.05, 4.69) is 5.32 Å². The monoisotopic (exact) mass is 151 g/mol. The molecule has 1 atom stereocenters. The van der Waals surface area contributed by atoms with Gasteiger partial charge >= 0.3 is 1.43 Å². The SMILES string of the molecule is OC[C@H]1CCCCN1.[Cl-].[H+]. The van der Waals surface area contributed by atoms with Gasteiger partial charge in [-0.1, -0.05) is 6.42 Å². The molecular formula is C6H14ClNO. The normalized spacial score (nSPS) is 27.0. The summed E-state index contributed by atoms with van der Waals surface area (Å²) in [6, 6.07) is 0.392. The Morgan fingerprint density at radius 1 is 1.56 bits per heavy atom. The average molecular weight is 152 g/mol. The summed E-state index contributed by atoms with van der Waals surface area (Å²) < 4.78 is 0. The predicted molar refractivity (Wildman–Crippen MR) is 33.8 cm³/mol. The third-order valence-electron chi connectivity index (χ3n) is 1.63. The lowest BCUT2D eigenvalue weighted by Crippen LogP contribution is -3.00. The Balaban J connectivity index is 0. The molecule has 0 amide bonds. The Labute approximate surface area is 63.5 Å². The zero-order valence-electron chi connectivity index (χ0n) is 6.44. The zero-order valence-corrected chi connectivity index (χ0v) is 6.19. The summed E-state index contributed by atoms with van der Waals surface area (Å²) in [5.74, 6) is 0. The molecule has 1 aliphatic heterocycles. The Morgan fingerprint density at radius 3 is 2.67 bits per heavy atom. The summed E-state index contributed by atoms with van der Waals surface area (Å²) in [7, 11) is 0. The van der Waals surface area contributed by atoms with Gasteiger partial charge in [0.2, 0.25) is 0 Å². The maximum atomic E-state index is 8.63. The van der Waals surface area contributed by atoms with E-state index in [9.17, 15) is 0 Å². The van der Waals surface area contributed by atoms with Crippen molar-refractivity contribution in [1.29, 1.82) is 0 Å². The van der Waals surface area contributed by atoms with Crippen LogP contribution in [0.15, 0.2) is 0 Å². The Kier molecular flexibility index (Phi) is 5.15. The lowest BCUT2D eigenvalue weighted by molar-refractivity contribution is -0.00000270. The van der Waals surface area contributed by atoms with Crippen LogP contribution in [0.3, 0.4) is 0 Å². The van der Waals surface area contributed by atoms with Gasteiger partial charge in [-0.3, -0.25) is 0 Å². The van der Waals surface area contributed by atoms with E-state index in [4.69, 9.17) is 5.11 Å². The van der Waals surface area contributed by atoms with Crippen LogP contribution in [0.2, 0.25) is 0 Å². The van der Waals surface area contributed by atoms with Crippen LogP contribution in [0.1, 0.15) is 20.7 Å². The van der Waals surface area contributed by atoms with E-state index in [1.54, 1.807) is 0 Å². The van der Waals surface area contributed by atoms with E-state index in [1.807, 2.05) is 0 Å². The van der Waals surface area contributed by atoms with Gasteiger partial charge in [-0.2, -0.15) is 0 Å². The number of halogens is 1. The molecule has 3 heteroatoms. The second kappa shape index (κ2) is 5.03. The second-order valence-corrected chi connectivity index (χ2v) is 2.33. The Bertz CT molecular complexity index is 68.8. The topological polar surface area (TPSA) is 32.3 Å². The van der Waals surface area contributed by atoms with Crippen LogP contribution in [-0.4, -0.2) is 24.3 Å². The Morgan fingerprint density at radius 2 is 2.33 bits per heavy atom. The molecule has 0 saturated carbocycles. The first-order valence-corrected chi connectivity index (χ1v) is 3.27. The summed E-state index contributed by atoms with van der Waals surface area (Å²) in [5.41, 5.74) is 0. The highest BCUT2D eigenvalue weighted by Gasteiger charge is 2.09. The van der Waals surface area contributed by atoms with Crippen molar-refractivity contribution in [3.05, 3.63) is 0 Å². The third kappa shape index (κ3) is 3.04. The molecule has 0 aromatic rings. The van der Waals surface area contributed by atoms with Crippen LogP contribution < -0.4 is 17.7 Å². The first-order chi connectivity index (χ1) is 3.93. The number of aliphatic hydroxyl groups excluding tert-OH is 1. The fraction of sp³-hybridized carbons (Fsp3) is 1.00. The second-order valence-electron chi connectivity index (χ2n) is 2.33. The molecule has 0 spiro atoms. The first kappa shape index (κ1) is 9.21. The molecule has 2 nitrogen and oxygen atoms in total. The highest BCUT2D eigenvalue weighted by molar-refractivity contribution is 4.69. The van der Waals surface area contributed by atoms with Gasteiger partial charge in [0.05, 0.1) is 6.61 Å². The highest BCUT2D eigenvalue weighted by Crippen LogP contribution is 2.04. The van der Waals surface area contributed by atoms with Gasteiger partial charge in [0.15, 0.2) is 0 Å². The van der Waals surface area contributed by atoms with Crippen molar-refractivity contribution >= 4 is 0 Å². The van der Waals surface area contributed by atoms with Crippen LogP contribution >= 0.6 is 0 Å². The minimum atomic E-state index is 0. The summed E-state index contributed by atoms with van der Waals surface area (Å²) in [4.78, 5) is 0. The van der Waals surface area contributed by atoms with Gasteiger partial charge in [0.1, 0.15) is 0 Å². The van der Waals surface area contributed by atoms with Crippen molar-refractivity contribution in [2.75, 3.05) is 13.2 Å².